The van der Waals surface area contributed by atoms with Crippen LogP contribution in [0.15, 0.2) is 29.2 Å². The van der Waals surface area contributed by atoms with Crippen LogP contribution in [0.5, 0.6) is 5.75 Å². The molecule has 7 heteroatoms. The largest absolute Gasteiger partial charge is 0.497 e. The van der Waals surface area contributed by atoms with Crippen molar-refractivity contribution in [2.24, 2.45) is 0 Å². The van der Waals surface area contributed by atoms with E-state index in [-0.39, 0.29) is 16.3 Å². The van der Waals surface area contributed by atoms with Crippen LogP contribution in [-0.4, -0.2) is 56.3 Å². The molecular weight excluding hydrogens is 328 g/mol. The summed E-state index contributed by atoms with van der Waals surface area (Å²) in [6.45, 7) is 0.859. The van der Waals surface area contributed by atoms with Crippen LogP contribution < -0.4 is 4.74 Å². The molecule has 6 nitrogen and oxygen atoms in total. The second-order valence-corrected chi connectivity index (χ2v) is 8.59. The molecule has 132 valence electrons. The van der Waals surface area contributed by atoms with E-state index in [0.29, 0.717) is 25.3 Å². The van der Waals surface area contributed by atoms with Crippen molar-refractivity contribution in [2.45, 2.75) is 42.5 Å². The van der Waals surface area contributed by atoms with Gasteiger partial charge in [0.15, 0.2) is 0 Å². The minimum Gasteiger partial charge on any atom is -0.497 e. The van der Waals surface area contributed by atoms with Crippen molar-refractivity contribution in [3.63, 3.8) is 0 Å². The summed E-state index contributed by atoms with van der Waals surface area (Å²) in [6.07, 6.45) is 3.87. The molecule has 2 saturated heterocycles. The molecule has 0 N–H and O–H groups in total. The lowest BCUT2D eigenvalue weighted by molar-refractivity contribution is -0.141. The number of hydrogen-bond acceptors (Lipinski definition) is 4. The fourth-order valence-corrected chi connectivity index (χ4v) is 5.43. The van der Waals surface area contributed by atoms with Gasteiger partial charge in [-0.2, -0.15) is 4.31 Å². The number of carbonyl (C=O) groups is 1. The van der Waals surface area contributed by atoms with Crippen LogP contribution in [0.1, 0.15) is 32.1 Å². The van der Waals surface area contributed by atoms with E-state index in [9.17, 15) is 13.2 Å². The molecule has 1 aromatic rings. The van der Waals surface area contributed by atoms with Crippen LogP contribution in [0.25, 0.3) is 0 Å². The Morgan fingerprint density at radius 1 is 1.21 bits per heavy atom. The lowest BCUT2D eigenvalue weighted by Gasteiger charge is -2.50. The van der Waals surface area contributed by atoms with Gasteiger partial charge in [-0.05, 0) is 37.8 Å². The van der Waals surface area contributed by atoms with Gasteiger partial charge in [0.1, 0.15) is 5.75 Å². The molecule has 0 aromatic heterocycles. The van der Waals surface area contributed by atoms with Gasteiger partial charge >= 0.3 is 0 Å². The summed E-state index contributed by atoms with van der Waals surface area (Å²) in [7, 11) is -0.269. The van der Waals surface area contributed by atoms with E-state index >= 15 is 0 Å². The molecule has 2 aliphatic heterocycles. The maximum absolute atomic E-state index is 13.0. The normalized spacial score (nSPS) is 25.9. The summed E-state index contributed by atoms with van der Waals surface area (Å²) in [5, 5.41) is 0. The van der Waals surface area contributed by atoms with E-state index in [4.69, 9.17) is 4.74 Å². The second-order valence-electron chi connectivity index (χ2n) is 6.65. The molecule has 3 rings (SSSR count). The quantitative estimate of drug-likeness (QED) is 0.833. The molecule has 1 amide bonds. The summed E-state index contributed by atoms with van der Waals surface area (Å²) in [6, 6.07) is 6.55. The Bertz CT molecular complexity index is 730. The highest BCUT2D eigenvalue weighted by Gasteiger charge is 2.45. The second kappa shape index (κ2) is 6.37. The molecule has 0 bridgehead atoms. The number of hydrogen-bond donors (Lipinski definition) is 0. The van der Waals surface area contributed by atoms with Crippen molar-refractivity contribution in [1.29, 1.82) is 0 Å². The SMILES string of the molecule is COc1cccc(S(=O)(=O)N2CCC[C@]3(CCCC(=O)N3C)C2)c1. The first kappa shape index (κ1) is 17.2. The highest BCUT2D eigenvalue weighted by atomic mass is 32.2. The summed E-state index contributed by atoms with van der Waals surface area (Å²) in [5.74, 6) is 0.634. The van der Waals surface area contributed by atoms with E-state index in [1.54, 1.807) is 29.2 Å². The molecule has 0 saturated carbocycles. The Kier molecular flexibility index (Phi) is 4.57. The van der Waals surface area contributed by atoms with Gasteiger partial charge in [0.2, 0.25) is 15.9 Å². The predicted octanol–water partition coefficient (Wildman–Crippen LogP) is 1.86. The Morgan fingerprint density at radius 2 is 1.96 bits per heavy atom. The maximum Gasteiger partial charge on any atom is 0.243 e. The van der Waals surface area contributed by atoms with Crippen LogP contribution >= 0.6 is 0 Å². The minimum absolute atomic E-state index is 0.113. The van der Waals surface area contributed by atoms with Crippen molar-refractivity contribution < 1.29 is 17.9 Å². The minimum atomic E-state index is -3.60. The van der Waals surface area contributed by atoms with Crippen molar-refractivity contribution in [1.82, 2.24) is 9.21 Å². The number of nitrogens with zero attached hydrogens (tertiary/aromatic N) is 2. The predicted molar refractivity (Wildman–Crippen MR) is 90.3 cm³/mol. The van der Waals surface area contributed by atoms with Gasteiger partial charge < -0.3 is 9.64 Å². The van der Waals surface area contributed by atoms with Crippen molar-refractivity contribution in [3.8, 4) is 5.75 Å². The maximum atomic E-state index is 13.0. The van der Waals surface area contributed by atoms with E-state index < -0.39 is 10.0 Å². The number of rotatable bonds is 3. The summed E-state index contributed by atoms with van der Waals surface area (Å²) in [5.41, 5.74) is -0.362. The Morgan fingerprint density at radius 3 is 2.71 bits per heavy atom. The standard InChI is InChI=1S/C17H24N2O4S/c1-18-16(20)8-4-9-17(18)10-5-11-19(13-17)24(21,22)15-7-3-6-14(12-15)23-2/h3,6-7,12H,4-5,8-11,13H2,1-2H3/t17-/m1/s1. The first-order valence-corrected chi connectivity index (χ1v) is 9.74. The van der Waals surface area contributed by atoms with Crippen molar-refractivity contribution in [3.05, 3.63) is 24.3 Å². The van der Waals surface area contributed by atoms with Gasteiger partial charge in [0.05, 0.1) is 17.5 Å². The summed E-state index contributed by atoms with van der Waals surface area (Å²) in [4.78, 5) is 14.1. The summed E-state index contributed by atoms with van der Waals surface area (Å²) < 4.78 is 32.7. The molecule has 2 heterocycles. The van der Waals surface area contributed by atoms with Crippen LogP contribution in [0.2, 0.25) is 0 Å². The monoisotopic (exact) mass is 352 g/mol. The van der Waals surface area contributed by atoms with Crippen LogP contribution in [-0.2, 0) is 14.8 Å². The molecule has 1 atom stereocenters. The van der Waals surface area contributed by atoms with Gasteiger partial charge in [0, 0.05) is 32.6 Å². The number of likely N-dealkylation sites (N-methyl/N-ethyl adjacent to an activating group) is 1. The fraction of sp³-hybridized carbons (Fsp3) is 0.588. The number of piperidine rings is 2. The zero-order chi connectivity index (χ0) is 17.4. The molecule has 2 aliphatic rings. The molecule has 2 fully saturated rings. The smallest absolute Gasteiger partial charge is 0.243 e. The van der Waals surface area contributed by atoms with Gasteiger partial charge in [-0.3, -0.25) is 4.79 Å². The molecule has 0 radical (unpaired) electrons. The van der Waals surface area contributed by atoms with E-state index in [0.717, 1.165) is 25.7 Å². The van der Waals surface area contributed by atoms with E-state index in [1.165, 1.54) is 11.4 Å². The third kappa shape index (κ3) is 2.91. The highest BCUT2D eigenvalue weighted by Crippen LogP contribution is 2.37. The number of likely N-dealkylation sites (tertiary alicyclic amines) is 1. The Hall–Kier alpha value is -1.60. The van der Waals surface area contributed by atoms with Gasteiger partial charge in [-0.25, -0.2) is 8.42 Å². The number of methoxy groups -OCH3 is 1. The molecule has 24 heavy (non-hydrogen) atoms. The number of benzene rings is 1. The molecular formula is C17H24N2O4S. The number of sulfonamides is 1. The lowest BCUT2D eigenvalue weighted by atomic mass is 9.81. The Labute approximate surface area is 143 Å². The number of amides is 1. The van der Waals surface area contributed by atoms with Gasteiger partial charge in [-0.1, -0.05) is 6.07 Å². The fourth-order valence-electron chi connectivity index (χ4n) is 3.83. The zero-order valence-corrected chi connectivity index (χ0v) is 15.0. The summed E-state index contributed by atoms with van der Waals surface area (Å²) >= 11 is 0. The lowest BCUT2D eigenvalue weighted by Crippen LogP contribution is -2.61. The van der Waals surface area contributed by atoms with E-state index in [1.807, 2.05) is 7.05 Å². The third-order valence-electron chi connectivity index (χ3n) is 5.32. The van der Waals surface area contributed by atoms with Crippen molar-refractivity contribution in [2.75, 3.05) is 27.2 Å². The van der Waals surface area contributed by atoms with Crippen LogP contribution in [0.3, 0.4) is 0 Å². The zero-order valence-electron chi connectivity index (χ0n) is 14.2. The average molecular weight is 352 g/mol. The van der Waals surface area contributed by atoms with Crippen LogP contribution in [0.4, 0.5) is 0 Å². The van der Waals surface area contributed by atoms with Crippen molar-refractivity contribution >= 4 is 15.9 Å². The average Bonchev–Trinajstić information content (AvgIpc) is 2.60. The number of carbonyl (C=O) groups excluding carboxylic acids is 1. The Balaban J connectivity index is 1.89. The van der Waals surface area contributed by atoms with Crippen LogP contribution in [0, 0.1) is 0 Å². The van der Waals surface area contributed by atoms with Gasteiger partial charge in [-0.15, -0.1) is 0 Å². The third-order valence-corrected chi connectivity index (χ3v) is 7.16. The number of ether oxygens (including phenoxy) is 1. The van der Waals surface area contributed by atoms with Gasteiger partial charge in [0.25, 0.3) is 0 Å². The first-order chi connectivity index (χ1) is 11.4. The molecule has 1 spiro atoms. The van der Waals surface area contributed by atoms with E-state index in [2.05, 4.69) is 0 Å². The molecule has 0 unspecified atom stereocenters. The molecule has 1 aromatic carbocycles. The highest BCUT2D eigenvalue weighted by molar-refractivity contribution is 7.89. The topological polar surface area (TPSA) is 66.9 Å². The first-order valence-electron chi connectivity index (χ1n) is 8.30. The molecule has 0 aliphatic carbocycles.